The standard InChI is InChI=1S/C27H35F3N4O4/c1-26(2,3)38-25(35)34-11-7-10-20(15-34)31-22-13-18-9-6-5-8-17-12-19(27(28,29)30)14-21(37-16-36-4)23(17)24(18)33-32-22/h12-14,20H,5-11,15-16H2,1-4H3,(H,31,32)/t20-/m1/s1. The lowest BCUT2D eigenvalue weighted by Crippen LogP contribution is -2.47. The second-order valence-electron chi connectivity index (χ2n) is 10.8. The van der Waals surface area contributed by atoms with Crippen LogP contribution in [-0.4, -0.2) is 59.8 Å². The lowest BCUT2D eigenvalue weighted by Gasteiger charge is -2.34. The van der Waals surface area contributed by atoms with Crippen LogP contribution in [0.4, 0.5) is 23.8 Å². The summed E-state index contributed by atoms with van der Waals surface area (Å²) >= 11 is 0. The Kier molecular flexibility index (Phi) is 8.34. The van der Waals surface area contributed by atoms with Crippen LogP contribution in [0.15, 0.2) is 18.2 Å². The van der Waals surface area contributed by atoms with Gasteiger partial charge in [-0.15, -0.1) is 10.2 Å². The van der Waals surface area contributed by atoms with Gasteiger partial charge in [0.05, 0.1) is 5.56 Å². The van der Waals surface area contributed by atoms with Crippen molar-refractivity contribution >= 4 is 11.9 Å². The summed E-state index contributed by atoms with van der Waals surface area (Å²) < 4.78 is 57.0. The van der Waals surface area contributed by atoms with E-state index in [1.54, 1.807) is 4.90 Å². The maximum absolute atomic E-state index is 13.6. The van der Waals surface area contributed by atoms with Crippen molar-refractivity contribution in [2.45, 2.75) is 77.1 Å². The summed E-state index contributed by atoms with van der Waals surface area (Å²) in [6.45, 7) is 6.44. The van der Waals surface area contributed by atoms with Crippen LogP contribution in [0.1, 0.15) is 63.1 Å². The summed E-state index contributed by atoms with van der Waals surface area (Å²) in [6.07, 6.45) is -0.441. The van der Waals surface area contributed by atoms with Crippen LogP contribution >= 0.6 is 0 Å². The molecule has 1 aromatic carbocycles. The molecule has 208 valence electrons. The number of benzene rings is 1. The minimum Gasteiger partial charge on any atom is -0.467 e. The first-order valence-corrected chi connectivity index (χ1v) is 12.9. The molecule has 2 heterocycles. The second kappa shape index (κ2) is 11.3. The SMILES string of the molecule is COCOc1cc(C(F)(F)F)cc2c1-c1nnc(N[C@@H]3CCCN(C(=O)OC(C)(C)C)C3)cc1CCCC2. The third kappa shape index (κ3) is 6.86. The van der Waals surface area contributed by atoms with E-state index in [0.29, 0.717) is 48.6 Å². The molecule has 0 radical (unpaired) electrons. The van der Waals surface area contributed by atoms with E-state index in [1.165, 1.54) is 13.2 Å². The van der Waals surface area contributed by atoms with Crippen molar-refractivity contribution in [1.82, 2.24) is 15.1 Å². The summed E-state index contributed by atoms with van der Waals surface area (Å²) in [5.41, 5.74) is 1.12. The number of fused-ring (bicyclic) bond motifs is 3. The number of nitrogens with zero attached hydrogens (tertiary/aromatic N) is 3. The molecule has 0 bridgehead atoms. The van der Waals surface area contributed by atoms with E-state index < -0.39 is 17.3 Å². The number of piperidine rings is 1. The highest BCUT2D eigenvalue weighted by Crippen LogP contribution is 2.42. The number of hydrogen-bond acceptors (Lipinski definition) is 7. The molecule has 0 spiro atoms. The molecule has 1 aliphatic carbocycles. The number of carbonyl (C=O) groups is 1. The summed E-state index contributed by atoms with van der Waals surface area (Å²) in [5.74, 6) is 0.642. The molecule has 2 aromatic rings. The fourth-order valence-corrected chi connectivity index (χ4v) is 4.87. The summed E-state index contributed by atoms with van der Waals surface area (Å²) in [4.78, 5) is 14.2. The van der Waals surface area contributed by atoms with Gasteiger partial charge in [0.1, 0.15) is 22.9 Å². The van der Waals surface area contributed by atoms with Gasteiger partial charge >= 0.3 is 12.3 Å². The van der Waals surface area contributed by atoms with Crippen molar-refractivity contribution in [3.63, 3.8) is 0 Å². The zero-order chi connectivity index (χ0) is 27.5. The third-order valence-electron chi connectivity index (χ3n) is 6.52. The van der Waals surface area contributed by atoms with Crippen molar-refractivity contribution in [1.29, 1.82) is 0 Å². The number of anilines is 1. The topological polar surface area (TPSA) is 85.8 Å². The van der Waals surface area contributed by atoms with Crippen molar-refractivity contribution in [2.75, 3.05) is 32.3 Å². The third-order valence-corrected chi connectivity index (χ3v) is 6.52. The van der Waals surface area contributed by atoms with E-state index in [0.717, 1.165) is 37.3 Å². The number of likely N-dealkylation sites (tertiary alicyclic amines) is 1. The molecule has 4 rings (SSSR count). The van der Waals surface area contributed by atoms with Gasteiger partial charge < -0.3 is 24.4 Å². The van der Waals surface area contributed by atoms with Crippen LogP contribution in [-0.2, 0) is 28.5 Å². The first-order chi connectivity index (χ1) is 17.9. The predicted octanol–water partition coefficient (Wildman–Crippen LogP) is 5.84. The Balaban J connectivity index is 1.61. The lowest BCUT2D eigenvalue weighted by atomic mass is 9.89. The highest BCUT2D eigenvalue weighted by atomic mass is 19.4. The fourth-order valence-electron chi connectivity index (χ4n) is 4.87. The molecule has 1 fully saturated rings. The fraction of sp³-hybridized carbons (Fsp3) is 0.593. The minimum atomic E-state index is -4.50. The Bertz CT molecular complexity index is 1150. The maximum Gasteiger partial charge on any atom is 0.416 e. The number of alkyl halides is 3. The average Bonchev–Trinajstić information content (AvgIpc) is 2.82. The molecule has 0 saturated carbocycles. The molecule has 1 atom stereocenters. The van der Waals surface area contributed by atoms with Gasteiger partial charge in [0.15, 0.2) is 6.79 Å². The first-order valence-electron chi connectivity index (χ1n) is 12.9. The highest BCUT2D eigenvalue weighted by molar-refractivity contribution is 5.75. The molecule has 1 aromatic heterocycles. The molecular formula is C27H35F3N4O4. The van der Waals surface area contributed by atoms with Crippen LogP contribution < -0.4 is 10.1 Å². The molecular weight excluding hydrogens is 501 g/mol. The summed E-state index contributed by atoms with van der Waals surface area (Å²) in [7, 11) is 1.41. The molecule has 11 heteroatoms. The molecule has 1 aliphatic heterocycles. The number of amides is 1. The minimum absolute atomic E-state index is 0.0283. The number of aromatic nitrogens is 2. The Labute approximate surface area is 220 Å². The maximum atomic E-state index is 13.6. The van der Waals surface area contributed by atoms with Crippen molar-refractivity contribution < 1.29 is 32.2 Å². The van der Waals surface area contributed by atoms with E-state index in [1.807, 2.05) is 26.8 Å². The largest absolute Gasteiger partial charge is 0.467 e. The monoisotopic (exact) mass is 536 g/mol. The van der Waals surface area contributed by atoms with Gasteiger partial charge in [-0.3, -0.25) is 0 Å². The van der Waals surface area contributed by atoms with Crippen LogP contribution in [0, 0.1) is 0 Å². The molecule has 38 heavy (non-hydrogen) atoms. The summed E-state index contributed by atoms with van der Waals surface area (Å²) in [6, 6.07) is 4.07. The lowest BCUT2D eigenvalue weighted by molar-refractivity contribution is -0.137. The number of methoxy groups -OCH3 is 1. The van der Waals surface area contributed by atoms with Crippen molar-refractivity contribution in [3.05, 3.63) is 34.9 Å². The van der Waals surface area contributed by atoms with Gasteiger partial charge in [0, 0.05) is 31.8 Å². The van der Waals surface area contributed by atoms with Crippen LogP contribution in [0.2, 0.25) is 0 Å². The number of carbonyl (C=O) groups excluding carboxylic acids is 1. The average molecular weight is 537 g/mol. The van der Waals surface area contributed by atoms with Gasteiger partial charge in [-0.2, -0.15) is 13.2 Å². The van der Waals surface area contributed by atoms with E-state index in [-0.39, 0.29) is 24.7 Å². The number of nitrogens with one attached hydrogen (secondary N) is 1. The van der Waals surface area contributed by atoms with Gasteiger partial charge in [0.25, 0.3) is 0 Å². The van der Waals surface area contributed by atoms with E-state index >= 15 is 0 Å². The van der Waals surface area contributed by atoms with Crippen molar-refractivity contribution in [3.8, 4) is 17.0 Å². The van der Waals surface area contributed by atoms with Crippen LogP contribution in [0.3, 0.4) is 0 Å². The number of rotatable bonds is 5. The number of hydrogen-bond donors (Lipinski definition) is 1. The predicted molar refractivity (Wildman–Crippen MR) is 136 cm³/mol. The number of aryl methyl sites for hydroxylation is 2. The van der Waals surface area contributed by atoms with Crippen LogP contribution in [0.5, 0.6) is 5.75 Å². The Hall–Kier alpha value is -3.08. The molecule has 2 aliphatic rings. The summed E-state index contributed by atoms with van der Waals surface area (Å²) in [5, 5.41) is 12.2. The highest BCUT2D eigenvalue weighted by Gasteiger charge is 2.34. The Morgan fingerprint density at radius 1 is 1.08 bits per heavy atom. The molecule has 1 amide bonds. The van der Waals surface area contributed by atoms with Crippen LogP contribution in [0.25, 0.3) is 11.3 Å². The van der Waals surface area contributed by atoms with Gasteiger partial charge in [-0.05, 0) is 88.6 Å². The zero-order valence-electron chi connectivity index (χ0n) is 22.3. The van der Waals surface area contributed by atoms with Gasteiger partial charge in [-0.1, -0.05) is 0 Å². The first kappa shape index (κ1) is 27.9. The Morgan fingerprint density at radius 3 is 2.50 bits per heavy atom. The normalized spacial score (nSPS) is 18.1. The van der Waals surface area contributed by atoms with E-state index in [2.05, 4.69) is 15.5 Å². The molecule has 8 nitrogen and oxygen atoms in total. The molecule has 1 saturated heterocycles. The van der Waals surface area contributed by atoms with E-state index in [4.69, 9.17) is 14.2 Å². The van der Waals surface area contributed by atoms with Crippen molar-refractivity contribution in [2.24, 2.45) is 0 Å². The quantitative estimate of drug-likeness (QED) is 0.481. The number of halogens is 3. The second-order valence-corrected chi connectivity index (χ2v) is 10.8. The van der Waals surface area contributed by atoms with E-state index in [9.17, 15) is 18.0 Å². The smallest absolute Gasteiger partial charge is 0.416 e. The Morgan fingerprint density at radius 2 is 1.82 bits per heavy atom. The number of ether oxygens (including phenoxy) is 3. The van der Waals surface area contributed by atoms with Gasteiger partial charge in [-0.25, -0.2) is 4.79 Å². The molecule has 1 N–H and O–H groups in total. The van der Waals surface area contributed by atoms with Gasteiger partial charge in [0.2, 0.25) is 0 Å². The molecule has 0 unspecified atom stereocenters. The zero-order valence-corrected chi connectivity index (χ0v) is 22.3.